The molecule has 0 aliphatic carbocycles. The van der Waals surface area contributed by atoms with Crippen LogP contribution in [0.3, 0.4) is 0 Å². The van der Waals surface area contributed by atoms with Gasteiger partial charge in [-0.3, -0.25) is 9.59 Å². The fourth-order valence-corrected chi connectivity index (χ4v) is 2.49. The fraction of sp³-hybridized carbons (Fsp3) is 0.800. The topological polar surface area (TPSA) is 91.8 Å². The van der Waals surface area contributed by atoms with Crippen molar-refractivity contribution in [3.63, 3.8) is 0 Å². The summed E-state index contributed by atoms with van der Waals surface area (Å²) in [5.41, 5.74) is -0.953. The zero-order valence-electron chi connectivity index (χ0n) is 9.97. The van der Waals surface area contributed by atoms with Gasteiger partial charge in [-0.2, -0.15) is 0 Å². The van der Waals surface area contributed by atoms with E-state index in [0.717, 1.165) is 0 Å². The van der Waals surface area contributed by atoms with Crippen molar-refractivity contribution < 1.29 is 23.1 Å². The Bertz CT molecular complexity index is 430. The molecular formula is C10H17NO5S. The van der Waals surface area contributed by atoms with Gasteiger partial charge in [0.05, 0.1) is 5.41 Å². The van der Waals surface area contributed by atoms with E-state index < -0.39 is 32.9 Å². The molecule has 1 aliphatic heterocycles. The minimum atomic E-state index is -3.35. The molecule has 1 aliphatic rings. The first-order chi connectivity index (χ1) is 7.70. The van der Waals surface area contributed by atoms with Crippen molar-refractivity contribution in [3.05, 3.63) is 0 Å². The van der Waals surface area contributed by atoms with E-state index in [1.165, 1.54) is 11.8 Å². The minimum absolute atomic E-state index is 0.0806. The molecule has 1 fully saturated rings. The molecule has 0 radical (unpaired) electrons. The van der Waals surface area contributed by atoms with Gasteiger partial charge >= 0.3 is 5.97 Å². The Morgan fingerprint density at radius 3 is 2.41 bits per heavy atom. The van der Waals surface area contributed by atoms with Gasteiger partial charge < -0.3 is 10.0 Å². The van der Waals surface area contributed by atoms with E-state index in [1.54, 1.807) is 6.92 Å². The van der Waals surface area contributed by atoms with Gasteiger partial charge in [-0.05, 0) is 13.3 Å². The number of sulfone groups is 1. The number of carbonyl (C=O) groups is 2. The predicted octanol–water partition coefficient (Wildman–Crippen LogP) is -0.256. The standard InChI is InChI=1S/C10H17NO5S/c1-3-17(15,16)6-8(12)11-5-4-10(2,7-11)9(13)14/h3-7H2,1-2H3,(H,13,14). The van der Waals surface area contributed by atoms with Crippen LogP contribution in [0, 0.1) is 5.41 Å². The van der Waals surface area contributed by atoms with E-state index in [-0.39, 0.29) is 12.3 Å². The average molecular weight is 263 g/mol. The van der Waals surface area contributed by atoms with Gasteiger partial charge in [0.2, 0.25) is 5.91 Å². The molecule has 1 amide bonds. The van der Waals surface area contributed by atoms with E-state index in [2.05, 4.69) is 0 Å². The molecule has 98 valence electrons. The number of carbonyl (C=O) groups excluding carboxylic acids is 1. The van der Waals surface area contributed by atoms with Crippen molar-refractivity contribution in [2.45, 2.75) is 20.3 Å². The highest BCUT2D eigenvalue weighted by Crippen LogP contribution is 2.30. The van der Waals surface area contributed by atoms with Crippen molar-refractivity contribution in [1.82, 2.24) is 4.90 Å². The van der Waals surface area contributed by atoms with Crippen molar-refractivity contribution in [2.75, 3.05) is 24.6 Å². The molecule has 6 nitrogen and oxygen atoms in total. The van der Waals surface area contributed by atoms with E-state index in [0.29, 0.717) is 13.0 Å². The number of nitrogens with zero attached hydrogens (tertiary/aromatic N) is 1. The van der Waals surface area contributed by atoms with E-state index in [1.807, 2.05) is 0 Å². The lowest BCUT2D eigenvalue weighted by Crippen LogP contribution is -2.38. The zero-order chi connectivity index (χ0) is 13.3. The number of carboxylic acid groups (broad SMARTS) is 1. The molecule has 0 aromatic carbocycles. The van der Waals surface area contributed by atoms with Crippen LogP contribution in [0.1, 0.15) is 20.3 Å². The maximum atomic E-state index is 11.7. The third-order valence-corrected chi connectivity index (χ3v) is 4.69. The fourth-order valence-electron chi connectivity index (χ4n) is 1.73. The predicted molar refractivity (Wildman–Crippen MR) is 61.3 cm³/mol. The largest absolute Gasteiger partial charge is 0.481 e. The summed E-state index contributed by atoms with van der Waals surface area (Å²) in [4.78, 5) is 24.0. The van der Waals surface area contributed by atoms with Gasteiger partial charge in [0.1, 0.15) is 5.75 Å². The Morgan fingerprint density at radius 2 is 2.00 bits per heavy atom. The highest BCUT2D eigenvalue weighted by Gasteiger charge is 2.42. The molecule has 0 spiro atoms. The highest BCUT2D eigenvalue weighted by molar-refractivity contribution is 7.92. The van der Waals surface area contributed by atoms with Gasteiger partial charge in [-0.1, -0.05) is 6.92 Å². The number of amides is 1. The van der Waals surface area contributed by atoms with Gasteiger partial charge in [-0.25, -0.2) is 8.42 Å². The summed E-state index contributed by atoms with van der Waals surface area (Å²) >= 11 is 0. The van der Waals surface area contributed by atoms with Crippen molar-refractivity contribution in [2.24, 2.45) is 5.41 Å². The Morgan fingerprint density at radius 1 is 1.41 bits per heavy atom. The van der Waals surface area contributed by atoms with E-state index in [4.69, 9.17) is 5.11 Å². The lowest BCUT2D eigenvalue weighted by Gasteiger charge is -2.20. The van der Waals surface area contributed by atoms with Crippen molar-refractivity contribution >= 4 is 21.7 Å². The Hall–Kier alpha value is -1.11. The molecule has 1 saturated heterocycles. The summed E-state index contributed by atoms with van der Waals surface area (Å²) in [6.45, 7) is 3.44. The number of carboxylic acids is 1. The molecule has 7 heteroatoms. The molecule has 1 heterocycles. The van der Waals surface area contributed by atoms with Crippen molar-refractivity contribution in [3.8, 4) is 0 Å². The molecule has 0 bridgehead atoms. The van der Waals surface area contributed by atoms with Gasteiger partial charge in [-0.15, -0.1) is 0 Å². The van der Waals surface area contributed by atoms with Crippen LogP contribution in [0.25, 0.3) is 0 Å². The molecule has 0 aromatic rings. The average Bonchev–Trinajstić information content (AvgIpc) is 2.62. The summed E-state index contributed by atoms with van der Waals surface area (Å²) in [7, 11) is -3.35. The van der Waals surface area contributed by atoms with Crippen LogP contribution in [0.5, 0.6) is 0 Å². The lowest BCUT2D eigenvalue weighted by atomic mass is 9.90. The lowest BCUT2D eigenvalue weighted by molar-refractivity contribution is -0.147. The highest BCUT2D eigenvalue weighted by atomic mass is 32.2. The first-order valence-electron chi connectivity index (χ1n) is 5.42. The second-order valence-corrected chi connectivity index (χ2v) is 6.96. The molecule has 0 saturated carbocycles. The Balaban J connectivity index is 2.67. The maximum absolute atomic E-state index is 11.7. The van der Waals surface area contributed by atoms with E-state index in [9.17, 15) is 18.0 Å². The van der Waals surface area contributed by atoms with Crippen LogP contribution >= 0.6 is 0 Å². The molecule has 0 aromatic heterocycles. The Labute approximate surface area is 101 Å². The first kappa shape index (κ1) is 14.0. The van der Waals surface area contributed by atoms with Crippen LogP contribution < -0.4 is 0 Å². The molecule has 17 heavy (non-hydrogen) atoms. The quantitative estimate of drug-likeness (QED) is 0.754. The van der Waals surface area contributed by atoms with Gasteiger partial charge in [0, 0.05) is 18.8 Å². The van der Waals surface area contributed by atoms with Crippen LogP contribution in [0.4, 0.5) is 0 Å². The number of aliphatic carboxylic acids is 1. The van der Waals surface area contributed by atoms with Crippen molar-refractivity contribution in [1.29, 1.82) is 0 Å². The zero-order valence-corrected chi connectivity index (χ0v) is 10.8. The SMILES string of the molecule is CCS(=O)(=O)CC(=O)N1CCC(C)(C(=O)O)C1. The first-order valence-corrected chi connectivity index (χ1v) is 7.24. The van der Waals surface area contributed by atoms with Crippen LogP contribution in [0.15, 0.2) is 0 Å². The third-order valence-electron chi connectivity index (χ3n) is 3.13. The second kappa shape index (κ2) is 4.64. The van der Waals surface area contributed by atoms with Crippen LogP contribution in [-0.2, 0) is 19.4 Å². The smallest absolute Gasteiger partial charge is 0.311 e. The minimum Gasteiger partial charge on any atom is -0.481 e. The van der Waals surface area contributed by atoms with Gasteiger partial charge in [0.15, 0.2) is 9.84 Å². The van der Waals surface area contributed by atoms with Crippen LogP contribution in [-0.4, -0.2) is 54.9 Å². The second-order valence-electron chi connectivity index (χ2n) is 4.61. The monoisotopic (exact) mass is 263 g/mol. The normalized spacial score (nSPS) is 24.9. The molecule has 1 atom stereocenters. The third kappa shape index (κ3) is 3.18. The summed E-state index contributed by atoms with van der Waals surface area (Å²) in [6.07, 6.45) is 0.361. The summed E-state index contributed by atoms with van der Waals surface area (Å²) < 4.78 is 22.6. The number of hydrogen-bond acceptors (Lipinski definition) is 4. The summed E-state index contributed by atoms with van der Waals surface area (Å²) in [5.74, 6) is -2.06. The molecule has 1 unspecified atom stereocenters. The molecule has 1 rings (SSSR count). The Kier molecular flexibility index (Phi) is 3.81. The summed E-state index contributed by atoms with van der Waals surface area (Å²) in [6, 6.07) is 0. The van der Waals surface area contributed by atoms with Gasteiger partial charge in [0.25, 0.3) is 0 Å². The van der Waals surface area contributed by atoms with Crippen LogP contribution in [0.2, 0.25) is 0 Å². The van der Waals surface area contributed by atoms with E-state index >= 15 is 0 Å². The number of likely N-dealkylation sites (tertiary alicyclic amines) is 1. The number of rotatable bonds is 4. The number of hydrogen-bond donors (Lipinski definition) is 1. The molecule has 1 N–H and O–H groups in total. The summed E-state index contributed by atoms with van der Waals surface area (Å²) in [5, 5.41) is 8.99. The molecular weight excluding hydrogens is 246 g/mol. The maximum Gasteiger partial charge on any atom is 0.311 e.